The first-order valence-electron chi connectivity index (χ1n) is 6.44. The van der Waals surface area contributed by atoms with Crippen molar-refractivity contribution in [1.82, 2.24) is 0 Å². The number of hydrogen-bond acceptors (Lipinski definition) is 1. The van der Waals surface area contributed by atoms with Crippen molar-refractivity contribution in [3.05, 3.63) is 64.2 Å². The van der Waals surface area contributed by atoms with Crippen LogP contribution in [0.4, 0.5) is 0 Å². The van der Waals surface area contributed by atoms with E-state index < -0.39 is 0 Å². The summed E-state index contributed by atoms with van der Waals surface area (Å²) < 4.78 is 5.93. The molecule has 2 rings (SSSR count). The van der Waals surface area contributed by atoms with Crippen LogP contribution in [-0.2, 0) is 11.9 Å². The number of benzene rings is 2. The van der Waals surface area contributed by atoms with Crippen molar-refractivity contribution in [3.8, 4) is 5.75 Å². The molecule has 1 nitrogen and oxygen atoms in total. The van der Waals surface area contributed by atoms with Crippen LogP contribution in [0.25, 0.3) is 0 Å². The van der Waals surface area contributed by atoms with E-state index in [-0.39, 0.29) is 0 Å². The van der Waals surface area contributed by atoms with Crippen molar-refractivity contribution >= 4 is 15.9 Å². The highest BCUT2D eigenvalue weighted by molar-refractivity contribution is 9.08. The van der Waals surface area contributed by atoms with E-state index in [2.05, 4.69) is 67.0 Å². The summed E-state index contributed by atoms with van der Waals surface area (Å²) in [5, 5.41) is 0.816. The molecule has 0 unspecified atom stereocenters. The summed E-state index contributed by atoms with van der Waals surface area (Å²) in [6, 6.07) is 12.8. The van der Waals surface area contributed by atoms with E-state index in [0.717, 1.165) is 11.1 Å². The van der Waals surface area contributed by atoms with E-state index in [9.17, 15) is 0 Å². The van der Waals surface area contributed by atoms with Crippen molar-refractivity contribution in [2.75, 3.05) is 0 Å². The second kappa shape index (κ2) is 6.25. The van der Waals surface area contributed by atoms with Crippen LogP contribution in [0.3, 0.4) is 0 Å². The summed E-state index contributed by atoms with van der Waals surface area (Å²) in [5.41, 5.74) is 6.30. The molecule has 0 saturated heterocycles. The Morgan fingerprint density at radius 1 is 0.947 bits per heavy atom. The van der Waals surface area contributed by atoms with Gasteiger partial charge >= 0.3 is 0 Å². The van der Waals surface area contributed by atoms with Crippen LogP contribution in [0, 0.1) is 20.8 Å². The second-order valence-electron chi connectivity index (χ2n) is 4.95. The number of rotatable bonds is 4. The summed E-state index contributed by atoms with van der Waals surface area (Å²) in [4.78, 5) is 0. The Balaban J connectivity index is 2.12. The number of halogens is 1. The average molecular weight is 319 g/mol. The summed E-state index contributed by atoms with van der Waals surface area (Å²) in [6.07, 6.45) is 0. The first kappa shape index (κ1) is 14.1. The topological polar surface area (TPSA) is 9.23 Å². The Morgan fingerprint density at radius 3 is 2.42 bits per heavy atom. The molecular formula is C17H19BrO. The molecule has 0 saturated carbocycles. The summed E-state index contributed by atoms with van der Waals surface area (Å²) in [7, 11) is 0. The molecule has 0 bridgehead atoms. The maximum absolute atomic E-state index is 5.93. The van der Waals surface area contributed by atoms with Gasteiger partial charge in [0, 0.05) is 10.9 Å². The van der Waals surface area contributed by atoms with Crippen LogP contribution in [0.1, 0.15) is 27.8 Å². The molecule has 2 heteroatoms. The highest BCUT2D eigenvalue weighted by Crippen LogP contribution is 2.23. The van der Waals surface area contributed by atoms with E-state index in [1.54, 1.807) is 0 Å². The molecule has 2 aromatic carbocycles. The van der Waals surface area contributed by atoms with Crippen LogP contribution in [0.15, 0.2) is 36.4 Å². The molecule has 0 aliphatic carbocycles. The van der Waals surface area contributed by atoms with Gasteiger partial charge < -0.3 is 4.74 Å². The average Bonchev–Trinajstić information content (AvgIpc) is 2.41. The summed E-state index contributed by atoms with van der Waals surface area (Å²) >= 11 is 3.51. The maximum Gasteiger partial charge on any atom is 0.123 e. The minimum Gasteiger partial charge on any atom is -0.489 e. The van der Waals surface area contributed by atoms with E-state index in [1.807, 2.05) is 6.07 Å². The third-order valence-electron chi connectivity index (χ3n) is 3.33. The van der Waals surface area contributed by atoms with Gasteiger partial charge in [0.05, 0.1) is 0 Å². The lowest BCUT2D eigenvalue weighted by Gasteiger charge is -2.12. The van der Waals surface area contributed by atoms with E-state index >= 15 is 0 Å². The molecule has 0 atom stereocenters. The Labute approximate surface area is 123 Å². The lowest BCUT2D eigenvalue weighted by Crippen LogP contribution is -1.99. The lowest BCUT2D eigenvalue weighted by molar-refractivity contribution is 0.304. The van der Waals surface area contributed by atoms with Crippen LogP contribution >= 0.6 is 15.9 Å². The molecule has 0 spiro atoms. The Bertz CT molecular complexity index is 575. The van der Waals surface area contributed by atoms with Gasteiger partial charge in [0.15, 0.2) is 0 Å². The molecule has 100 valence electrons. The van der Waals surface area contributed by atoms with Gasteiger partial charge in [-0.05, 0) is 43.5 Å². The fraction of sp³-hybridized carbons (Fsp3) is 0.294. The minimum absolute atomic E-state index is 0.615. The van der Waals surface area contributed by atoms with Crippen LogP contribution < -0.4 is 4.74 Å². The van der Waals surface area contributed by atoms with Gasteiger partial charge in [-0.3, -0.25) is 0 Å². The van der Waals surface area contributed by atoms with Crippen LogP contribution in [0.5, 0.6) is 5.75 Å². The molecule has 0 aliphatic rings. The molecule has 0 radical (unpaired) electrons. The highest BCUT2D eigenvalue weighted by atomic mass is 79.9. The summed E-state index contributed by atoms with van der Waals surface area (Å²) in [6.45, 7) is 6.97. The van der Waals surface area contributed by atoms with Crippen LogP contribution in [0.2, 0.25) is 0 Å². The van der Waals surface area contributed by atoms with Crippen molar-refractivity contribution in [2.24, 2.45) is 0 Å². The molecule has 0 aromatic heterocycles. The predicted octanol–water partition coefficient (Wildman–Crippen LogP) is 5.09. The fourth-order valence-corrected chi connectivity index (χ4v) is 2.45. The standard InChI is InChI=1S/C17H19BrO/c1-12-4-7-17(16(8-12)10-18)19-11-15-6-5-13(2)14(3)9-15/h4-9H,10-11H2,1-3H3. The third kappa shape index (κ3) is 3.60. The van der Waals surface area contributed by atoms with Gasteiger partial charge in [-0.2, -0.15) is 0 Å². The third-order valence-corrected chi connectivity index (χ3v) is 3.93. The monoisotopic (exact) mass is 318 g/mol. The molecule has 2 aromatic rings. The Kier molecular flexibility index (Phi) is 4.65. The zero-order valence-electron chi connectivity index (χ0n) is 11.7. The maximum atomic E-state index is 5.93. The van der Waals surface area contributed by atoms with Gasteiger partial charge in [0.1, 0.15) is 12.4 Å². The number of alkyl halides is 1. The number of ether oxygens (including phenoxy) is 1. The Morgan fingerprint density at radius 2 is 1.74 bits per heavy atom. The molecule has 0 N–H and O–H groups in total. The second-order valence-corrected chi connectivity index (χ2v) is 5.51. The summed E-state index contributed by atoms with van der Waals surface area (Å²) in [5.74, 6) is 0.959. The SMILES string of the molecule is Cc1ccc(OCc2ccc(C)c(C)c2)c(CBr)c1. The molecule has 0 aliphatic heterocycles. The van der Waals surface area contributed by atoms with Gasteiger partial charge in [-0.15, -0.1) is 0 Å². The first-order chi connectivity index (χ1) is 9.10. The van der Waals surface area contributed by atoms with Gasteiger partial charge in [0.25, 0.3) is 0 Å². The normalized spacial score (nSPS) is 10.5. The first-order valence-corrected chi connectivity index (χ1v) is 7.56. The number of aryl methyl sites for hydroxylation is 3. The quantitative estimate of drug-likeness (QED) is 0.714. The zero-order chi connectivity index (χ0) is 13.8. The van der Waals surface area contributed by atoms with Gasteiger partial charge in [0.2, 0.25) is 0 Å². The molecule has 0 amide bonds. The molecule has 0 heterocycles. The fourth-order valence-electron chi connectivity index (χ4n) is 2.01. The van der Waals surface area contributed by atoms with E-state index in [1.165, 1.54) is 27.8 Å². The Hall–Kier alpha value is -1.28. The van der Waals surface area contributed by atoms with Crippen molar-refractivity contribution in [2.45, 2.75) is 32.7 Å². The molecular weight excluding hydrogens is 300 g/mol. The molecule has 0 fully saturated rings. The van der Waals surface area contributed by atoms with Crippen LogP contribution in [-0.4, -0.2) is 0 Å². The zero-order valence-corrected chi connectivity index (χ0v) is 13.3. The lowest BCUT2D eigenvalue weighted by atomic mass is 10.1. The van der Waals surface area contributed by atoms with Gasteiger partial charge in [-0.1, -0.05) is 51.8 Å². The minimum atomic E-state index is 0.615. The number of hydrogen-bond donors (Lipinski definition) is 0. The van der Waals surface area contributed by atoms with E-state index in [4.69, 9.17) is 4.74 Å². The van der Waals surface area contributed by atoms with Crippen molar-refractivity contribution < 1.29 is 4.74 Å². The predicted molar refractivity (Wildman–Crippen MR) is 84.1 cm³/mol. The van der Waals surface area contributed by atoms with Gasteiger partial charge in [-0.25, -0.2) is 0 Å². The largest absolute Gasteiger partial charge is 0.489 e. The van der Waals surface area contributed by atoms with E-state index in [0.29, 0.717) is 6.61 Å². The molecule has 19 heavy (non-hydrogen) atoms. The smallest absolute Gasteiger partial charge is 0.123 e. The van der Waals surface area contributed by atoms with Crippen molar-refractivity contribution in [3.63, 3.8) is 0 Å². The van der Waals surface area contributed by atoms with Crippen molar-refractivity contribution in [1.29, 1.82) is 0 Å². The highest BCUT2D eigenvalue weighted by Gasteiger charge is 2.04.